The third kappa shape index (κ3) is 1.69. The van der Waals surface area contributed by atoms with Gasteiger partial charge in [-0.2, -0.15) is 0 Å². The number of ether oxygens (including phenoxy) is 2. The topological polar surface area (TPSA) is 62.3 Å². The molecular weight excluding hydrogens is 298 g/mol. The number of imidazole rings is 1. The van der Waals surface area contributed by atoms with E-state index in [0.717, 1.165) is 33.2 Å². The number of hydrogen-bond acceptors (Lipinski definition) is 4. The lowest BCUT2D eigenvalue weighted by atomic mass is 10.1. The van der Waals surface area contributed by atoms with Crippen LogP contribution in [0.15, 0.2) is 22.8 Å². The molecule has 0 bridgehead atoms. The molecule has 0 aliphatic carbocycles. The lowest BCUT2D eigenvalue weighted by Crippen LogP contribution is -2.04. The molecule has 18 heavy (non-hydrogen) atoms. The van der Waals surface area contributed by atoms with Gasteiger partial charge in [-0.15, -0.1) is 0 Å². The first kappa shape index (κ1) is 11.6. The predicted octanol–water partition coefficient (Wildman–Crippen LogP) is 2.04. The van der Waals surface area contributed by atoms with Crippen LogP contribution in [0.25, 0.3) is 11.3 Å². The third-order valence-electron chi connectivity index (χ3n) is 2.95. The Balaban J connectivity index is 2.10. The number of hydrogen-bond donors (Lipinski definition) is 1. The first-order valence-electron chi connectivity index (χ1n) is 5.52. The molecule has 1 aromatic heterocycles. The summed E-state index contributed by atoms with van der Waals surface area (Å²) in [4.78, 5) is 4.52. The van der Waals surface area contributed by atoms with Crippen molar-refractivity contribution in [1.82, 2.24) is 9.55 Å². The fourth-order valence-corrected chi connectivity index (χ4v) is 2.45. The van der Waals surface area contributed by atoms with Gasteiger partial charge in [-0.05, 0) is 34.1 Å². The Hall–Kier alpha value is -1.53. The van der Waals surface area contributed by atoms with Gasteiger partial charge in [-0.3, -0.25) is 0 Å². The minimum atomic E-state index is 0.274. The zero-order valence-corrected chi connectivity index (χ0v) is 11.4. The highest BCUT2D eigenvalue weighted by atomic mass is 79.9. The summed E-state index contributed by atoms with van der Waals surface area (Å²) in [5, 5.41) is 0. The Morgan fingerprint density at radius 2 is 2.17 bits per heavy atom. The van der Waals surface area contributed by atoms with Crippen molar-refractivity contribution in [3.63, 3.8) is 0 Å². The number of halogens is 1. The van der Waals surface area contributed by atoms with Crippen LogP contribution in [-0.2, 0) is 13.6 Å². The van der Waals surface area contributed by atoms with E-state index < -0.39 is 0 Å². The largest absolute Gasteiger partial charge is 0.454 e. The molecule has 94 valence electrons. The quantitative estimate of drug-likeness (QED) is 0.922. The molecule has 2 aromatic rings. The van der Waals surface area contributed by atoms with Crippen molar-refractivity contribution >= 4 is 15.9 Å². The maximum absolute atomic E-state index is 5.65. The fraction of sp³-hybridized carbons (Fsp3) is 0.250. The van der Waals surface area contributed by atoms with E-state index in [0.29, 0.717) is 6.54 Å². The smallest absolute Gasteiger partial charge is 0.231 e. The van der Waals surface area contributed by atoms with Crippen LogP contribution in [0, 0.1) is 0 Å². The van der Waals surface area contributed by atoms with Crippen molar-refractivity contribution in [2.45, 2.75) is 6.54 Å². The predicted molar refractivity (Wildman–Crippen MR) is 70.4 cm³/mol. The zero-order valence-electron chi connectivity index (χ0n) is 9.81. The van der Waals surface area contributed by atoms with Crippen molar-refractivity contribution in [3.8, 4) is 22.8 Å². The summed E-state index contributed by atoms with van der Waals surface area (Å²) in [5.74, 6) is 2.35. The van der Waals surface area contributed by atoms with Crippen LogP contribution >= 0.6 is 15.9 Å². The minimum Gasteiger partial charge on any atom is -0.454 e. The molecular formula is C12H12BrN3O2. The lowest BCUT2D eigenvalue weighted by molar-refractivity contribution is 0.174. The van der Waals surface area contributed by atoms with Gasteiger partial charge in [-0.1, -0.05) is 0 Å². The number of aromatic nitrogens is 2. The first-order valence-corrected chi connectivity index (χ1v) is 6.31. The molecule has 6 heteroatoms. The molecule has 0 unspecified atom stereocenters. The number of nitrogens with two attached hydrogens (primary N) is 1. The van der Waals surface area contributed by atoms with Crippen LogP contribution in [0.5, 0.6) is 11.5 Å². The maximum Gasteiger partial charge on any atom is 0.231 e. The van der Waals surface area contributed by atoms with Gasteiger partial charge in [-0.25, -0.2) is 4.98 Å². The van der Waals surface area contributed by atoms with E-state index in [-0.39, 0.29) is 6.79 Å². The Kier molecular flexibility index (Phi) is 2.76. The number of fused-ring (bicyclic) bond motifs is 1. The van der Waals surface area contributed by atoms with E-state index >= 15 is 0 Å². The second-order valence-electron chi connectivity index (χ2n) is 4.00. The van der Waals surface area contributed by atoms with Gasteiger partial charge >= 0.3 is 0 Å². The molecule has 0 fully saturated rings. The third-order valence-corrected chi connectivity index (χ3v) is 3.85. The van der Waals surface area contributed by atoms with E-state index in [2.05, 4.69) is 20.9 Å². The molecule has 0 radical (unpaired) electrons. The number of benzene rings is 1. The van der Waals surface area contributed by atoms with Gasteiger partial charge in [0.05, 0.1) is 6.54 Å². The van der Waals surface area contributed by atoms with Gasteiger partial charge < -0.3 is 19.8 Å². The molecule has 0 saturated heterocycles. The van der Waals surface area contributed by atoms with Gasteiger partial charge in [0, 0.05) is 12.6 Å². The van der Waals surface area contributed by atoms with Crippen molar-refractivity contribution < 1.29 is 9.47 Å². The summed E-state index contributed by atoms with van der Waals surface area (Å²) in [6.07, 6.45) is 0. The SMILES string of the molecule is Cn1c(CN)nc(-c2ccc3c(c2)OCO3)c1Br. The number of nitrogens with zero attached hydrogens (tertiary/aromatic N) is 2. The molecule has 1 aliphatic heterocycles. The van der Waals surface area contributed by atoms with Crippen LogP contribution in [-0.4, -0.2) is 16.3 Å². The first-order chi connectivity index (χ1) is 8.70. The zero-order chi connectivity index (χ0) is 12.7. The normalized spacial score (nSPS) is 13.1. The van der Waals surface area contributed by atoms with Gasteiger partial charge in [0.25, 0.3) is 0 Å². The summed E-state index contributed by atoms with van der Waals surface area (Å²) in [6, 6.07) is 5.78. The Labute approximate surface area is 113 Å². The Bertz CT molecular complexity index is 610. The summed E-state index contributed by atoms with van der Waals surface area (Å²) in [7, 11) is 1.93. The molecule has 1 aromatic carbocycles. The monoisotopic (exact) mass is 309 g/mol. The van der Waals surface area contributed by atoms with E-state index in [9.17, 15) is 0 Å². The molecule has 0 amide bonds. The van der Waals surface area contributed by atoms with Crippen LogP contribution in [0.3, 0.4) is 0 Å². The van der Waals surface area contributed by atoms with Crippen LogP contribution < -0.4 is 15.2 Å². The molecule has 2 N–H and O–H groups in total. The summed E-state index contributed by atoms with van der Waals surface area (Å²) >= 11 is 3.53. The minimum absolute atomic E-state index is 0.274. The maximum atomic E-state index is 5.65. The van der Waals surface area contributed by atoms with Gasteiger partial charge in [0.1, 0.15) is 16.1 Å². The number of rotatable bonds is 2. The van der Waals surface area contributed by atoms with Crippen molar-refractivity contribution in [3.05, 3.63) is 28.6 Å². The van der Waals surface area contributed by atoms with Crippen molar-refractivity contribution in [2.75, 3.05) is 6.79 Å². The molecule has 0 spiro atoms. The molecule has 2 heterocycles. The standard InChI is InChI=1S/C12H12BrN3O2/c1-16-10(5-14)15-11(12(16)13)7-2-3-8-9(4-7)18-6-17-8/h2-4H,5-6,14H2,1H3. The molecule has 5 nitrogen and oxygen atoms in total. The highest BCUT2D eigenvalue weighted by molar-refractivity contribution is 9.10. The van der Waals surface area contributed by atoms with E-state index in [1.54, 1.807) is 0 Å². The molecule has 1 aliphatic rings. The fourth-order valence-electron chi connectivity index (χ4n) is 1.93. The Morgan fingerprint density at radius 1 is 1.39 bits per heavy atom. The van der Waals surface area contributed by atoms with Gasteiger partial charge in [0.15, 0.2) is 11.5 Å². The summed E-state index contributed by atoms with van der Waals surface area (Å²) in [5.41, 5.74) is 7.48. The Morgan fingerprint density at radius 3 is 2.89 bits per heavy atom. The average molecular weight is 310 g/mol. The second kappa shape index (κ2) is 4.29. The van der Waals surface area contributed by atoms with Crippen molar-refractivity contribution in [1.29, 1.82) is 0 Å². The lowest BCUT2D eigenvalue weighted by Gasteiger charge is -2.01. The second-order valence-corrected chi connectivity index (χ2v) is 4.75. The van der Waals surface area contributed by atoms with Gasteiger partial charge in [0.2, 0.25) is 6.79 Å². The summed E-state index contributed by atoms with van der Waals surface area (Å²) < 4.78 is 13.5. The van der Waals surface area contributed by atoms with Crippen molar-refractivity contribution in [2.24, 2.45) is 12.8 Å². The van der Waals surface area contributed by atoms with E-state index in [1.165, 1.54) is 0 Å². The van der Waals surface area contributed by atoms with Crippen LogP contribution in [0.2, 0.25) is 0 Å². The van der Waals surface area contributed by atoms with E-state index in [4.69, 9.17) is 15.2 Å². The highest BCUT2D eigenvalue weighted by Crippen LogP contribution is 2.37. The molecule has 0 atom stereocenters. The summed E-state index contributed by atoms with van der Waals surface area (Å²) in [6.45, 7) is 0.676. The highest BCUT2D eigenvalue weighted by Gasteiger charge is 2.18. The average Bonchev–Trinajstić information content (AvgIpc) is 2.95. The van der Waals surface area contributed by atoms with Crippen LogP contribution in [0.1, 0.15) is 5.82 Å². The molecule has 3 rings (SSSR count). The molecule has 0 saturated carbocycles. The van der Waals surface area contributed by atoms with E-state index in [1.807, 2.05) is 29.8 Å². The van der Waals surface area contributed by atoms with Crippen LogP contribution in [0.4, 0.5) is 0 Å².